The molecule has 0 saturated carbocycles. The van der Waals surface area contributed by atoms with E-state index in [0.29, 0.717) is 12.5 Å². The lowest BCUT2D eigenvalue weighted by Crippen LogP contribution is -2.16. The van der Waals surface area contributed by atoms with Crippen LogP contribution in [-0.4, -0.2) is 21.3 Å². The molecule has 1 unspecified atom stereocenters. The van der Waals surface area contributed by atoms with Gasteiger partial charge in [-0.05, 0) is 12.8 Å². The van der Waals surface area contributed by atoms with Crippen LogP contribution in [0.15, 0.2) is 0 Å². The zero-order valence-electron chi connectivity index (χ0n) is 10.0. The topological polar surface area (TPSA) is 56.7 Å². The van der Waals surface area contributed by atoms with Crippen LogP contribution < -0.4 is 5.73 Å². The number of hydrogen-bond acceptors (Lipinski definition) is 3. The van der Waals surface area contributed by atoms with E-state index >= 15 is 0 Å². The minimum absolute atomic E-state index is 0.359. The third-order valence-corrected chi connectivity index (χ3v) is 2.60. The van der Waals surface area contributed by atoms with Gasteiger partial charge in [0.05, 0.1) is 0 Å². The normalized spacial score (nSPS) is 13.1. The highest BCUT2D eigenvalue weighted by Crippen LogP contribution is 2.17. The Balaban J connectivity index is 2.81. The fourth-order valence-corrected chi connectivity index (χ4v) is 1.84. The molecule has 1 rings (SSSR count). The number of nitrogens with two attached hydrogens (primary N) is 1. The van der Waals surface area contributed by atoms with Gasteiger partial charge in [-0.1, -0.05) is 20.3 Å². The van der Waals surface area contributed by atoms with Crippen molar-refractivity contribution < 1.29 is 0 Å². The van der Waals surface area contributed by atoms with Crippen molar-refractivity contribution >= 4 is 0 Å². The number of rotatable bonds is 6. The summed E-state index contributed by atoms with van der Waals surface area (Å²) in [6, 6.07) is 0. The highest BCUT2D eigenvalue weighted by molar-refractivity contribution is 5.00. The average Bonchev–Trinajstić information content (AvgIpc) is 2.57. The first kappa shape index (κ1) is 12.2. The lowest BCUT2D eigenvalue weighted by Gasteiger charge is -2.11. The largest absolute Gasteiger partial charge is 0.330 e. The third-order valence-electron chi connectivity index (χ3n) is 2.60. The molecule has 0 aromatic carbocycles. The van der Waals surface area contributed by atoms with Crippen LogP contribution in [0.3, 0.4) is 0 Å². The van der Waals surface area contributed by atoms with Crippen LogP contribution in [0.2, 0.25) is 0 Å². The Bertz CT molecular complexity index is 293. The monoisotopic (exact) mass is 210 g/mol. The zero-order valence-corrected chi connectivity index (χ0v) is 10.0. The molecule has 1 aromatic rings. The maximum absolute atomic E-state index is 5.76. The quantitative estimate of drug-likeness (QED) is 0.776. The van der Waals surface area contributed by atoms with Gasteiger partial charge < -0.3 is 5.73 Å². The van der Waals surface area contributed by atoms with E-state index in [9.17, 15) is 0 Å². The number of aromatic nitrogens is 3. The molecule has 1 heterocycles. The summed E-state index contributed by atoms with van der Waals surface area (Å²) in [7, 11) is 1.96. The molecule has 0 aliphatic heterocycles. The van der Waals surface area contributed by atoms with Crippen molar-refractivity contribution in [3.63, 3.8) is 0 Å². The van der Waals surface area contributed by atoms with Crippen molar-refractivity contribution in [3.8, 4) is 0 Å². The first-order valence-corrected chi connectivity index (χ1v) is 5.82. The fraction of sp³-hybridized carbons (Fsp3) is 0.818. The van der Waals surface area contributed by atoms with Gasteiger partial charge in [-0.15, -0.1) is 0 Å². The molecule has 2 N–H and O–H groups in total. The van der Waals surface area contributed by atoms with Gasteiger partial charge in [-0.3, -0.25) is 4.68 Å². The third kappa shape index (κ3) is 3.02. The summed E-state index contributed by atoms with van der Waals surface area (Å²) in [5.74, 6) is 2.35. The lowest BCUT2D eigenvalue weighted by molar-refractivity contribution is 0.551. The minimum atomic E-state index is 0.359. The second-order valence-corrected chi connectivity index (χ2v) is 3.98. The molecule has 0 aliphatic carbocycles. The predicted octanol–water partition coefficient (Wildman–Crippen LogP) is 1.61. The van der Waals surface area contributed by atoms with Crippen LogP contribution in [-0.2, 0) is 13.5 Å². The second kappa shape index (κ2) is 5.85. The smallest absolute Gasteiger partial charge is 0.150 e. The maximum atomic E-state index is 5.76. The highest BCUT2D eigenvalue weighted by Gasteiger charge is 2.16. The number of aryl methyl sites for hydroxylation is 2. The molecule has 0 bridgehead atoms. The van der Waals surface area contributed by atoms with Crippen molar-refractivity contribution in [1.82, 2.24) is 14.8 Å². The van der Waals surface area contributed by atoms with E-state index in [-0.39, 0.29) is 0 Å². The van der Waals surface area contributed by atoms with Crippen molar-refractivity contribution in [2.45, 2.75) is 45.4 Å². The van der Waals surface area contributed by atoms with Crippen LogP contribution in [0.4, 0.5) is 0 Å². The summed E-state index contributed by atoms with van der Waals surface area (Å²) in [4.78, 5) is 4.56. The number of nitrogens with zero attached hydrogens (tertiary/aromatic N) is 3. The van der Waals surface area contributed by atoms with E-state index in [1.807, 2.05) is 11.7 Å². The molecule has 1 atom stereocenters. The Morgan fingerprint density at radius 2 is 2.07 bits per heavy atom. The van der Waals surface area contributed by atoms with Gasteiger partial charge in [-0.25, -0.2) is 4.98 Å². The first-order valence-electron chi connectivity index (χ1n) is 5.82. The maximum Gasteiger partial charge on any atom is 0.150 e. The predicted molar refractivity (Wildman–Crippen MR) is 61.7 cm³/mol. The highest BCUT2D eigenvalue weighted by atomic mass is 15.3. The van der Waals surface area contributed by atoms with Gasteiger partial charge in [0.2, 0.25) is 0 Å². The Morgan fingerprint density at radius 3 is 2.60 bits per heavy atom. The molecule has 0 aliphatic rings. The summed E-state index contributed by atoms with van der Waals surface area (Å²) in [5.41, 5.74) is 5.76. The molecule has 15 heavy (non-hydrogen) atoms. The van der Waals surface area contributed by atoms with Gasteiger partial charge in [0.15, 0.2) is 5.82 Å². The zero-order chi connectivity index (χ0) is 11.3. The SMILES string of the molecule is CCCc1nc(C(CN)CCC)n(C)n1. The molecule has 4 nitrogen and oxygen atoms in total. The Morgan fingerprint density at radius 1 is 1.33 bits per heavy atom. The summed E-state index contributed by atoms with van der Waals surface area (Å²) >= 11 is 0. The van der Waals surface area contributed by atoms with E-state index in [0.717, 1.165) is 37.3 Å². The standard InChI is InChI=1S/C11H22N4/c1-4-6-9(8-12)11-13-10(7-5-2)14-15(11)3/h9H,4-8,12H2,1-3H3. The summed E-state index contributed by atoms with van der Waals surface area (Å²) in [6.45, 7) is 4.97. The molecule has 86 valence electrons. The molecular formula is C11H22N4. The average molecular weight is 210 g/mol. The van der Waals surface area contributed by atoms with E-state index in [1.165, 1.54) is 0 Å². The van der Waals surface area contributed by atoms with Crippen molar-refractivity contribution in [3.05, 3.63) is 11.6 Å². The summed E-state index contributed by atoms with van der Waals surface area (Å²) in [5, 5.41) is 4.40. The van der Waals surface area contributed by atoms with Crippen LogP contribution in [0.25, 0.3) is 0 Å². The minimum Gasteiger partial charge on any atom is -0.330 e. The lowest BCUT2D eigenvalue weighted by atomic mass is 10.0. The van der Waals surface area contributed by atoms with Crippen molar-refractivity contribution in [1.29, 1.82) is 0 Å². The number of hydrogen-bond donors (Lipinski definition) is 1. The van der Waals surface area contributed by atoms with Crippen molar-refractivity contribution in [2.24, 2.45) is 12.8 Å². The summed E-state index contributed by atoms with van der Waals surface area (Å²) < 4.78 is 1.89. The van der Waals surface area contributed by atoms with Crippen molar-refractivity contribution in [2.75, 3.05) is 6.54 Å². The van der Waals surface area contributed by atoms with Crippen LogP contribution in [0.1, 0.15) is 50.7 Å². The molecule has 1 aromatic heterocycles. The molecule has 0 radical (unpaired) electrons. The Labute approximate surface area is 91.9 Å². The van der Waals surface area contributed by atoms with E-state index < -0.39 is 0 Å². The van der Waals surface area contributed by atoms with Gasteiger partial charge in [0.25, 0.3) is 0 Å². The van der Waals surface area contributed by atoms with Gasteiger partial charge >= 0.3 is 0 Å². The summed E-state index contributed by atoms with van der Waals surface area (Å²) in [6.07, 6.45) is 4.27. The van der Waals surface area contributed by atoms with Gasteiger partial charge in [0, 0.05) is 25.9 Å². The molecule has 0 saturated heterocycles. The second-order valence-electron chi connectivity index (χ2n) is 3.98. The van der Waals surface area contributed by atoms with Gasteiger partial charge in [-0.2, -0.15) is 5.10 Å². The Kier molecular flexibility index (Phi) is 4.75. The molecular weight excluding hydrogens is 188 g/mol. The molecule has 0 fully saturated rings. The van der Waals surface area contributed by atoms with E-state index in [4.69, 9.17) is 5.73 Å². The Hall–Kier alpha value is -0.900. The molecule has 0 amide bonds. The van der Waals surface area contributed by atoms with Gasteiger partial charge in [0.1, 0.15) is 5.82 Å². The van der Waals surface area contributed by atoms with E-state index in [2.05, 4.69) is 23.9 Å². The first-order chi connectivity index (χ1) is 7.22. The van der Waals surface area contributed by atoms with Crippen LogP contribution in [0, 0.1) is 0 Å². The van der Waals surface area contributed by atoms with Crippen LogP contribution in [0.5, 0.6) is 0 Å². The fourth-order valence-electron chi connectivity index (χ4n) is 1.84. The van der Waals surface area contributed by atoms with Crippen LogP contribution >= 0.6 is 0 Å². The van der Waals surface area contributed by atoms with E-state index in [1.54, 1.807) is 0 Å². The molecule has 4 heteroatoms. The molecule has 0 spiro atoms.